The Morgan fingerprint density at radius 1 is 1.50 bits per heavy atom. The van der Waals surface area contributed by atoms with Gasteiger partial charge in [-0.1, -0.05) is 12.1 Å². The third-order valence-electron chi connectivity index (χ3n) is 2.41. The SMILES string of the molecule is CC1OC(C=O)c2c(N=O)cccc21. The van der Waals surface area contributed by atoms with Crippen LogP contribution in [-0.4, -0.2) is 6.29 Å². The van der Waals surface area contributed by atoms with Crippen molar-refractivity contribution in [3.63, 3.8) is 0 Å². The maximum Gasteiger partial charge on any atom is 0.153 e. The highest BCUT2D eigenvalue weighted by Gasteiger charge is 2.31. The van der Waals surface area contributed by atoms with Crippen LogP contribution in [0.1, 0.15) is 30.3 Å². The molecular weight excluding hydrogens is 182 g/mol. The summed E-state index contributed by atoms with van der Waals surface area (Å²) in [6.45, 7) is 1.84. The van der Waals surface area contributed by atoms with E-state index in [9.17, 15) is 9.70 Å². The second kappa shape index (κ2) is 3.31. The molecule has 1 heterocycles. The summed E-state index contributed by atoms with van der Waals surface area (Å²) in [5.74, 6) is 0. The molecule has 0 N–H and O–H groups in total. The molecule has 0 bridgehead atoms. The van der Waals surface area contributed by atoms with Crippen molar-refractivity contribution >= 4 is 12.0 Å². The van der Waals surface area contributed by atoms with E-state index in [4.69, 9.17) is 4.74 Å². The van der Waals surface area contributed by atoms with Crippen LogP contribution in [0.4, 0.5) is 5.69 Å². The molecule has 72 valence electrons. The van der Waals surface area contributed by atoms with Gasteiger partial charge in [0.05, 0.1) is 6.10 Å². The van der Waals surface area contributed by atoms with Gasteiger partial charge < -0.3 is 9.53 Å². The zero-order chi connectivity index (χ0) is 10.1. The van der Waals surface area contributed by atoms with Gasteiger partial charge in [0.1, 0.15) is 11.8 Å². The molecule has 14 heavy (non-hydrogen) atoms. The second-order valence-corrected chi connectivity index (χ2v) is 3.21. The summed E-state index contributed by atoms with van der Waals surface area (Å²) in [6, 6.07) is 5.17. The topological polar surface area (TPSA) is 55.7 Å². The minimum Gasteiger partial charge on any atom is -0.358 e. The lowest BCUT2D eigenvalue weighted by molar-refractivity contribution is -0.119. The van der Waals surface area contributed by atoms with Crippen LogP contribution in [0.5, 0.6) is 0 Å². The van der Waals surface area contributed by atoms with Crippen LogP contribution in [0.15, 0.2) is 23.4 Å². The molecule has 1 aromatic carbocycles. The van der Waals surface area contributed by atoms with Gasteiger partial charge in [-0.05, 0) is 23.7 Å². The summed E-state index contributed by atoms with van der Waals surface area (Å²) in [6.07, 6.45) is -0.104. The third-order valence-corrected chi connectivity index (χ3v) is 2.41. The maximum atomic E-state index is 10.7. The zero-order valence-electron chi connectivity index (χ0n) is 7.64. The molecule has 4 heteroatoms. The van der Waals surface area contributed by atoms with Crippen LogP contribution < -0.4 is 0 Å². The Labute approximate surface area is 80.9 Å². The van der Waals surface area contributed by atoms with E-state index in [0.717, 1.165) is 5.56 Å². The summed E-state index contributed by atoms with van der Waals surface area (Å²) < 4.78 is 5.36. The monoisotopic (exact) mass is 191 g/mol. The predicted molar refractivity (Wildman–Crippen MR) is 50.2 cm³/mol. The van der Waals surface area contributed by atoms with Crippen LogP contribution in [0.2, 0.25) is 0 Å². The lowest BCUT2D eigenvalue weighted by atomic mass is 10.0. The van der Waals surface area contributed by atoms with Gasteiger partial charge in [0, 0.05) is 5.56 Å². The van der Waals surface area contributed by atoms with Gasteiger partial charge in [0.2, 0.25) is 0 Å². The smallest absolute Gasteiger partial charge is 0.153 e. The van der Waals surface area contributed by atoms with Gasteiger partial charge in [0.15, 0.2) is 6.29 Å². The Kier molecular flexibility index (Phi) is 2.13. The Hall–Kier alpha value is -1.55. The standard InChI is InChI=1S/C10H9NO3/c1-6-7-3-2-4-8(11-13)10(7)9(5-12)14-6/h2-6,9H,1H3. The van der Waals surface area contributed by atoms with Gasteiger partial charge in [-0.2, -0.15) is 0 Å². The van der Waals surface area contributed by atoms with Gasteiger partial charge in [-0.15, -0.1) is 4.91 Å². The van der Waals surface area contributed by atoms with Crippen molar-refractivity contribution in [1.82, 2.24) is 0 Å². The molecule has 0 saturated heterocycles. The molecule has 2 rings (SSSR count). The largest absolute Gasteiger partial charge is 0.358 e. The average Bonchev–Trinajstić information content (AvgIpc) is 2.56. The van der Waals surface area contributed by atoms with Crippen molar-refractivity contribution in [2.24, 2.45) is 5.18 Å². The summed E-state index contributed by atoms with van der Waals surface area (Å²) in [5.41, 5.74) is 1.79. The van der Waals surface area contributed by atoms with Gasteiger partial charge >= 0.3 is 0 Å². The summed E-state index contributed by atoms with van der Waals surface area (Å²) in [4.78, 5) is 21.2. The highest BCUT2D eigenvalue weighted by molar-refractivity contribution is 5.69. The number of rotatable bonds is 2. The minimum absolute atomic E-state index is 0.151. The first kappa shape index (κ1) is 9.02. The minimum atomic E-state index is -0.645. The Morgan fingerprint density at radius 3 is 2.93 bits per heavy atom. The molecule has 1 aliphatic heterocycles. The number of hydrogen-bond acceptors (Lipinski definition) is 4. The molecule has 2 atom stereocenters. The van der Waals surface area contributed by atoms with Crippen LogP contribution >= 0.6 is 0 Å². The molecule has 1 aliphatic rings. The first-order chi connectivity index (χ1) is 6.77. The molecule has 0 radical (unpaired) electrons. The van der Waals surface area contributed by atoms with E-state index in [0.29, 0.717) is 17.5 Å². The zero-order valence-corrected chi connectivity index (χ0v) is 7.64. The van der Waals surface area contributed by atoms with Crippen LogP contribution in [0.3, 0.4) is 0 Å². The molecule has 0 spiro atoms. The van der Waals surface area contributed by atoms with Crippen molar-refractivity contribution in [2.45, 2.75) is 19.1 Å². The van der Waals surface area contributed by atoms with E-state index >= 15 is 0 Å². The van der Waals surface area contributed by atoms with Crippen molar-refractivity contribution in [2.75, 3.05) is 0 Å². The van der Waals surface area contributed by atoms with E-state index in [1.54, 1.807) is 12.1 Å². The maximum absolute atomic E-state index is 10.7. The van der Waals surface area contributed by atoms with Gasteiger partial charge in [-0.3, -0.25) is 0 Å². The molecule has 0 saturated carbocycles. The van der Waals surface area contributed by atoms with Gasteiger partial charge in [-0.25, -0.2) is 0 Å². The third kappa shape index (κ3) is 1.15. The fourth-order valence-electron chi connectivity index (χ4n) is 1.78. The van der Waals surface area contributed by atoms with Gasteiger partial charge in [0.25, 0.3) is 0 Å². The number of nitroso groups, excluding NO2 is 1. The Balaban J connectivity index is 2.61. The summed E-state index contributed by atoms with van der Waals surface area (Å²) in [7, 11) is 0. The highest BCUT2D eigenvalue weighted by Crippen LogP contribution is 2.42. The molecule has 4 nitrogen and oxygen atoms in total. The van der Waals surface area contributed by atoms with E-state index in [1.807, 2.05) is 13.0 Å². The molecular formula is C10H9NO3. The molecule has 2 unspecified atom stereocenters. The van der Waals surface area contributed by atoms with E-state index in [1.165, 1.54) is 0 Å². The normalized spacial score (nSPS) is 24.4. The molecule has 0 aromatic heterocycles. The number of aldehydes is 1. The lowest BCUT2D eigenvalue weighted by Crippen LogP contribution is -1.97. The highest BCUT2D eigenvalue weighted by atomic mass is 16.5. The van der Waals surface area contributed by atoms with Crippen LogP contribution in [0, 0.1) is 4.91 Å². The Morgan fingerprint density at radius 2 is 2.29 bits per heavy atom. The number of carbonyl (C=O) groups excluding carboxylic acids is 1. The van der Waals surface area contributed by atoms with Crippen molar-refractivity contribution in [1.29, 1.82) is 0 Å². The summed E-state index contributed by atoms with van der Waals surface area (Å²) in [5, 5.41) is 2.89. The number of nitrogens with zero attached hydrogens (tertiary/aromatic N) is 1. The van der Waals surface area contributed by atoms with E-state index < -0.39 is 6.10 Å². The van der Waals surface area contributed by atoms with E-state index in [-0.39, 0.29) is 6.10 Å². The Bertz CT molecular complexity index is 389. The van der Waals surface area contributed by atoms with Crippen molar-refractivity contribution in [3.8, 4) is 0 Å². The van der Waals surface area contributed by atoms with Crippen LogP contribution in [-0.2, 0) is 9.53 Å². The number of hydrogen-bond donors (Lipinski definition) is 0. The molecule has 0 amide bonds. The predicted octanol–water partition coefficient (Wildman–Crippen LogP) is 2.42. The number of ether oxygens (including phenoxy) is 1. The van der Waals surface area contributed by atoms with Crippen molar-refractivity contribution in [3.05, 3.63) is 34.2 Å². The number of benzene rings is 1. The molecule has 1 aromatic rings. The average molecular weight is 191 g/mol. The van der Waals surface area contributed by atoms with E-state index in [2.05, 4.69) is 5.18 Å². The molecule has 0 fully saturated rings. The van der Waals surface area contributed by atoms with Crippen molar-refractivity contribution < 1.29 is 9.53 Å². The fourth-order valence-corrected chi connectivity index (χ4v) is 1.78. The fraction of sp³-hybridized carbons (Fsp3) is 0.300. The lowest BCUT2D eigenvalue weighted by Gasteiger charge is -2.03. The molecule has 0 aliphatic carbocycles. The van der Waals surface area contributed by atoms with Crippen LogP contribution in [0.25, 0.3) is 0 Å². The second-order valence-electron chi connectivity index (χ2n) is 3.21. The first-order valence-corrected chi connectivity index (χ1v) is 4.35. The number of fused-ring (bicyclic) bond motifs is 1. The quantitative estimate of drug-likeness (QED) is 0.532. The summed E-state index contributed by atoms with van der Waals surface area (Å²) >= 11 is 0. The first-order valence-electron chi connectivity index (χ1n) is 4.35. The number of carbonyl (C=O) groups is 1.